The van der Waals surface area contributed by atoms with Crippen LogP contribution < -0.4 is 11.3 Å². The van der Waals surface area contributed by atoms with E-state index in [4.69, 9.17) is 10.6 Å². The average Bonchev–Trinajstić information content (AvgIpc) is 2.89. The van der Waals surface area contributed by atoms with E-state index in [2.05, 4.69) is 5.43 Å². The van der Waals surface area contributed by atoms with E-state index in [1.807, 2.05) is 6.92 Å². The van der Waals surface area contributed by atoms with Crippen LogP contribution in [0.15, 0.2) is 24.3 Å². The van der Waals surface area contributed by atoms with E-state index in [-0.39, 0.29) is 0 Å². The molecule has 1 aliphatic carbocycles. The van der Waals surface area contributed by atoms with E-state index >= 15 is 0 Å². The number of hydrazine groups is 1. The first-order valence-electron chi connectivity index (χ1n) is 7.20. The zero-order chi connectivity index (χ0) is 15.5. The molecule has 1 aromatic carbocycles. The van der Waals surface area contributed by atoms with Gasteiger partial charge in [0.25, 0.3) is 0 Å². The molecule has 0 aliphatic heterocycles. The summed E-state index contributed by atoms with van der Waals surface area (Å²) in [5.74, 6) is 5.65. The van der Waals surface area contributed by atoms with E-state index in [0.717, 1.165) is 37.8 Å². The van der Waals surface area contributed by atoms with Crippen molar-refractivity contribution < 1.29 is 17.9 Å². The van der Waals surface area contributed by atoms with Crippen LogP contribution in [0.2, 0.25) is 0 Å². The first kappa shape index (κ1) is 16.3. The van der Waals surface area contributed by atoms with Crippen LogP contribution in [-0.2, 0) is 10.9 Å². The molecule has 3 nitrogen and oxygen atoms in total. The fraction of sp³-hybridized carbons (Fsp3) is 0.600. The lowest BCUT2D eigenvalue weighted by Crippen LogP contribution is -2.47. The van der Waals surface area contributed by atoms with Gasteiger partial charge in [-0.05, 0) is 37.5 Å². The van der Waals surface area contributed by atoms with Crippen LogP contribution in [0.1, 0.15) is 49.8 Å². The summed E-state index contributed by atoms with van der Waals surface area (Å²) in [5, 5.41) is 0. The highest BCUT2D eigenvalue weighted by atomic mass is 19.4. The van der Waals surface area contributed by atoms with Gasteiger partial charge in [-0.25, -0.2) is 0 Å². The van der Waals surface area contributed by atoms with Gasteiger partial charge in [0.05, 0.1) is 17.2 Å². The molecule has 21 heavy (non-hydrogen) atoms. The summed E-state index contributed by atoms with van der Waals surface area (Å²) in [7, 11) is 0. The van der Waals surface area contributed by atoms with Crippen LogP contribution in [-0.4, -0.2) is 12.2 Å². The highest BCUT2D eigenvalue weighted by Crippen LogP contribution is 2.43. The Kier molecular flexibility index (Phi) is 4.91. The minimum Gasteiger partial charge on any atom is -0.373 e. The summed E-state index contributed by atoms with van der Waals surface area (Å²) in [5.41, 5.74) is 2.01. The van der Waals surface area contributed by atoms with Gasteiger partial charge in [-0.15, -0.1) is 0 Å². The largest absolute Gasteiger partial charge is 0.416 e. The van der Waals surface area contributed by atoms with Crippen LogP contribution >= 0.6 is 0 Å². The third-order valence-electron chi connectivity index (χ3n) is 4.12. The maximum absolute atomic E-state index is 12.9. The highest BCUT2D eigenvalue weighted by Gasteiger charge is 2.43. The van der Waals surface area contributed by atoms with Gasteiger partial charge in [-0.2, -0.15) is 13.2 Å². The van der Waals surface area contributed by atoms with Crippen molar-refractivity contribution in [3.8, 4) is 0 Å². The molecule has 118 valence electrons. The molecule has 1 atom stereocenters. The minimum atomic E-state index is -4.36. The molecule has 0 amide bonds. The number of alkyl halides is 3. The molecular weight excluding hydrogens is 281 g/mol. The summed E-state index contributed by atoms with van der Waals surface area (Å²) >= 11 is 0. The molecule has 0 spiro atoms. The quantitative estimate of drug-likeness (QED) is 0.646. The Bertz CT molecular complexity index is 470. The molecule has 1 aromatic rings. The van der Waals surface area contributed by atoms with E-state index < -0.39 is 23.4 Å². The van der Waals surface area contributed by atoms with Crippen LogP contribution in [0, 0.1) is 0 Å². The lowest BCUT2D eigenvalue weighted by molar-refractivity contribution is -0.137. The van der Waals surface area contributed by atoms with E-state index in [1.54, 1.807) is 6.07 Å². The maximum Gasteiger partial charge on any atom is 0.416 e. The molecule has 1 fully saturated rings. The summed E-state index contributed by atoms with van der Waals surface area (Å²) in [4.78, 5) is 0. The minimum absolute atomic E-state index is 0.442. The first-order chi connectivity index (χ1) is 9.93. The smallest absolute Gasteiger partial charge is 0.373 e. The molecule has 2 rings (SSSR count). The van der Waals surface area contributed by atoms with Crippen LogP contribution in [0.25, 0.3) is 0 Å². The lowest BCUT2D eigenvalue weighted by atomic mass is 9.86. The Morgan fingerprint density at radius 3 is 2.52 bits per heavy atom. The summed E-state index contributed by atoms with van der Waals surface area (Å²) < 4.78 is 44.5. The highest BCUT2D eigenvalue weighted by molar-refractivity contribution is 5.30. The van der Waals surface area contributed by atoms with E-state index in [9.17, 15) is 13.2 Å². The molecule has 1 unspecified atom stereocenters. The van der Waals surface area contributed by atoms with Crippen molar-refractivity contribution in [3.05, 3.63) is 35.4 Å². The van der Waals surface area contributed by atoms with Gasteiger partial charge in [0.2, 0.25) is 0 Å². The van der Waals surface area contributed by atoms with Crippen molar-refractivity contribution in [1.82, 2.24) is 5.43 Å². The van der Waals surface area contributed by atoms with Gasteiger partial charge in [-0.3, -0.25) is 11.3 Å². The van der Waals surface area contributed by atoms with E-state index in [1.165, 1.54) is 6.07 Å². The van der Waals surface area contributed by atoms with Gasteiger partial charge in [0, 0.05) is 6.61 Å². The second kappa shape index (κ2) is 6.34. The van der Waals surface area contributed by atoms with Crippen molar-refractivity contribution in [1.29, 1.82) is 0 Å². The molecule has 3 N–H and O–H groups in total. The molecule has 0 saturated heterocycles. The molecule has 0 radical (unpaired) electrons. The Labute approximate surface area is 122 Å². The van der Waals surface area contributed by atoms with Crippen molar-refractivity contribution in [2.45, 2.75) is 50.4 Å². The topological polar surface area (TPSA) is 47.3 Å². The predicted molar refractivity (Wildman–Crippen MR) is 74.3 cm³/mol. The molecular formula is C15H21F3N2O. The number of halogens is 3. The summed E-state index contributed by atoms with van der Waals surface area (Å²) in [6.45, 7) is 2.40. The third kappa shape index (κ3) is 3.39. The van der Waals surface area contributed by atoms with Gasteiger partial charge in [0.15, 0.2) is 0 Å². The van der Waals surface area contributed by atoms with Crippen molar-refractivity contribution in [2.75, 3.05) is 6.61 Å². The van der Waals surface area contributed by atoms with Crippen LogP contribution in [0.3, 0.4) is 0 Å². The normalized spacial score (nSPS) is 19.7. The zero-order valence-electron chi connectivity index (χ0n) is 12.0. The second-order valence-corrected chi connectivity index (χ2v) is 5.43. The monoisotopic (exact) mass is 302 g/mol. The fourth-order valence-electron chi connectivity index (χ4n) is 3.22. The van der Waals surface area contributed by atoms with Crippen LogP contribution in [0.5, 0.6) is 0 Å². The SMILES string of the molecule is CCOC1(C(NN)c2cccc(C(F)(F)F)c2)CCCC1. The zero-order valence-corrected chi connectivity index (χ0v) is 12.0. The van der Waals surface area contributed by atoms with Crippen molar-refractivity contribution in [2.24, 2.45) is 5.84 Å². The number of ether oxygens (including phenoxy) is 1. The predicted octanol–water partition coefficient (Wildman–Crippen LogP) is 3.56. The Morgan fingerprint density at radius 2 is 2.00 bits per heavy atom. The molecule has 0 heterocycles. The summed E-state index contributed by atoms with van der Waals surface area (Å²) in [6.07, 6.45) is -0.768. The number of rotatable bonds is 5. The van der Waals surface area contributed by atoms with E-state index in [0.29, 0.717) is 12.2 Å². The number of nitrogens with two attached hydrogens (primary N) is 1. The third-order valence-corrected chi connectivity index (χ3v) is 4.12. The number of nitrogens with one attached hydrogen (secondary N) is 1. The standard InChI is InChI=1S/C15H21F3N2O/c1-2-21-14(8-3-4-9-14)13(20-19)11-6-5-7-12(10-11)15(16,17)18/h5-7,10,13,20H,2-4,8-9,19H2,1H3. The maximum atomic E-state index is 12.9. The van der Waals surface area contributed by atoms with Gasteiger partial charge in [-0.1, -0.05) is 25.0 Å². The molecule has 0 aromatic heterocycles. The Balaban J connectivity index is 2.36. The Morgan fingerprint density at radius 1 is 1.33 bits per heavy atom. The van der Waals surface area contributed by atoms with Crippen molar-refractivity contribution >= 4 is 0 Å². The number of hydrogen-bond donors (Lipinski definition) is 2. The molecule has 0 bridgehead atoms. The lowest BCUT2D eigenvalue weighted by Gasteiger charge is -2.37. The average molecular weight is 302 g/mol. The Hall–Kier alpha value is -1.11. The fourth-order valence-corrected chi connectivity index (χ4v) is 3.22. The number of hydrogen-bond acceptors (Lipinski definition) is 3. The van der Waals surface area contributed by atoms with Gasteiger partial charge < -0.3 is 4.74 Å². The molecule has 1 aliphatic rings. The van der Waals surface area contributed by atoms with Gasteiger partial charge >= 0.3 is 6.18 Å². The summed E-state index contributed by atoms with van der Waals surface area (Å²) in [6, 6.07) is 4.86. The molecule has 1 saturated carbocycles. The van der Waals surface area contributed by atoms with Crippen LogP contribution in [0.4, 0.5) is 13.2 Å². The second-order valence-electron chi connectivity index (χ2n) is 5.43. The van der Waals surface area contributed by atoms with Gasteiger partial charge in [0.1, 0.15) is 0 Å². The molecule has 6 heteroatoms. The first-order valence-corrected chi connectivity index (χ1v) is 7.20. The number of benzene rings is 1. The van der Waals surface area contributed by atoms with Crippen molar-refractivity contribution in [3.63, 3.8) is 0 Å².